The van der Waals surface area contributed by atoms with Gasteiger partial charge >= 0.3 is 0 Å². The highest BCUT2D eigenvalue weighted by atomic mass is 16.8. The van der Waals surface area contributed by atoms with Crippen LogP contribution in [0.5, 0.6) is 0 Å². The molecule has 0 unspecified atom stereocenters. The van der Waals surface area contributed by atoms with Gasteiger partial charge in [0, 0.05) is 24.8 Å². The quantitative estimate of drug-likeness (QED) is 0.447. The van der Waals surface area contributed by atoms with Gasteiger partial charge in [0.25, 0.3) is 0 Å². The van der Waals surface area contributed by atoms with Gasteiger partial charge in [-0.3, -0.25) is 0 Å². The van der Waals surface area contributed by atoms with Gasteiger partial charge in [0.05, 0.1) is 17.5 Å². The molecule has 1 saturated carbocycles. The molecule has 0 spiro atoms. The Morgan fingerprint density at radius 1 is 1.06 bits per heavy atom. The first kappa shape index (κ1) is 20.6. The number of nitrogens with two attached hydrogens (primary N) is 1. The van der Waals surface area contributed by atoms with Crippen molar-refractivity contribution in [3.63, 3.8) is 0 Å². The molecular weight excluding hydrogens is 416 g/mol. The first-order valence-electron chi connectivity index (χ1n) is 11.8. The molecule has 4 aromatic heterocycles. The summed E-state index contributed by atoms with van der Waals surface area (Å²) in [5, 5.41) is 0.894. The van der Waals surface area contributed by atoms with E-state index in [1.807, 2.05) is 36.7 Å². The van der Waals surface area contributed by atoms with E-state index in [-0.39, 0.29) is 18.2 Å². The fourth-order valence-corrected chi connectivity index (χ4v) is 5.71. The number of ether oxygens (including phenoxy) is 2. The third-order valence-corrected chi connectivity index (χ3v) is 7.20. The Hall–Kier alpha value is -2.97. The van der Waals surface area contributed by atoms with Gasteiger partial charge in [0.2, 0.25) is 0 Å². The predicted molar refractivity (Wildman–Crippen MR) is 126 cm³/mol. The molecule has 4 aromatic rings. The van der Waals surface area contributed by atoms with Gasteiger partial charge in [-0.1, -0.05) is 6.42 Å². The number of rotatable bonds is 6. The summed E-state index contributed by atoms with van der Waals surface area (Å²) in [5.74, 6) is 0.401. The van der Waals surface area contributed by atoms with Crippen molar-refractivity contribution in [1.82, 2.24) is 23.9 Å². The lowest BCUT2D eigenvalue weighted by molar-refractivity contribution is -0.160. The molecule has 5 heterocycles. The highest BCUT2D eigenvalue weighted by molar-refractivity contribution is 5.86. The lowest BCUT2D eigenvalue weighted by Crippen LogP contribution is -2.27. The molecular formula is C25H30N6O2. The van der Waals surface area contributed by atoms with Crippen molar-refractivity contribution < 1.29 is 9.47 Å². The maximum Gasteiger partial charge on any atom is 0.163 e. The normalized spacial score (nSPS) is 26.4. The largest absolute Gasteiger partial charge is 0.383 e. The topological polar surface area (TPSA) is 92.5 Å². The van der Waals surface area contributed by atoms with E-state index in [0.717, 1.165) is 48.8 Å². The lowest BCUT2D eigenvalue weighted by atomic mass is 9.96. The minimum atomic E-state index is -0.567. The van der Waals surface area contributed by atoms with Crippen molar-refractivity contribution in [1.29, 1.82) is 0 Å². The van der Waals surface area contributed by atoms with Gasteiger partial charge < -0.3 is 24.2 Å². The molecule has 6 rings (SSSR count). The summed E-state index contributed by atoms with van der Waals surface area (Å²) in [6.07, 6.45) is 15.1. The van der Waals surface area contributed by atoms with Crippen LogP contribution < -0.4 is 5.73 Å². The van der Waals surface area contributed by atoms with Crippen LogP contribution in [-0.4, -0.2) is 41.9 Å². The lowest BCUT2D eigenvalue weighted by Gasteiger charge is -2.24. The number of imidazole rings is 1. The van der Waals surface area contributed by atoms with Crippen molar-refractivity contribution in [2.45, 2.75) is 70.0 Å². The van der Waals surface area contributed by atoms with Crippen molar-refractivity contribution in [2.75, 3.05) is 5.73 Å². The predicted octanol–water partition coefficient (Wildman–Crippen LogP) is 4.16. The summed E-state index contributed by atoms with van der Waals surface area (Å²) in [5.41, 5.74) is 9.29. The molecule has 1 aliphatic carbocycles. The first-order chi connectivity index (χ1) is 16.0. The number of anilines is 1. The number of nitrogen functional groups attached to an aromatic ring is 1. The second-order valence-corrected chi connectivity index (χ2v) is 9.82. The molecule has 0 aromatic carbocycles. The summed E-state index contributed by atoms with van der Waals surface area (Å²) in [7, 11) is 0. The monoisotopic (exact) mass is 446 g/mol. The second kappa shape index (κ2) is 7.81. The number of unbranched alkanes of at least 4 members (excludes halogenated alkanes) is 1. The van der Waals surface area contributed by atoms with Crippen LogP contribution in [0.1, 0.15) is 51.1 Å². The fourth-order valence-electron chi connectivity index (χ4n) is 5.71. The molecule has 8 heteroatoms. The van der Waals surface area contributed by atoms with Gasteiger partial charge in [-0.15, -0.1) is 0 Å². The number of hydrogen-bond acceptors (Lipinski definition) is 6. The van der Waals surface area contributed by atoms with E-state index in [4.69, 9.17) is 15.2 Å². The Morgan fingerprint density at radius 2 is 1.94 bits per heavy atom. The maximum absolute atomic E-state index is 6.40. The molecule has 33 heavy (non-hydrogen) atoms. The number of hydrogen-bond donors (Lipinski definition) is 1. The van der Waals surface area contributed by atoms with Crippen LogP contribution in [0.15, 0.2) is 49.3 Å². The zero-order chi connectivity index (χ0) is 22.6. The SMILES string of the molecule is CC1(C)O[C@@H]2[C@@H](CCCCc3ccn4ccnc4c3)C[C@@H](n3ccc4c(N)ncnc43)[C@@H]2O1. The van der Waals surface area contributed by atoms with Crippen LogP contribution in [0.25, 0.3) is 16.7 Å². The van der Waals surface area contributed by atoms with Crippen LogP contribution in [-0.2, 0) is 15.9 Å². The number of fused-ring (bicyclic) bond motifs is 3. The minimum absolute atomic E-state index is 0.0136. The van der Waals surface area contributed by atoms with Crippen LogP contribution in [0, 0.1) is 5.92 Å². The van der Waals surface area contributed by atoms with E-state index < -0.39 is 5.79 Å². The Labute approximate surface area is 192 Å². The molecule has 2 N–H and O–H groups in total. The number of nitrogens with zero attached hydrogens (tertiary/aromatic N) is 5. The summed E-state index contributed by atoms with van der Waals surface area (Å²) in [4.78, 5) is 13.0. The van der Waals surface area contributed by atoms with E-state index in [1.165, 1.54) is 11.9 Å². The van der Waals surface area contributed by atoms with Crippen molar-refractivity contribution >= 4 is 22.5 Å². The average molecular weight is 447 g/mol. The van der Waals surface area contributed by atoms with Crippen LogP contribution in [0.2, 0.25) is 0 Å². The molecule has 0 bridgehead atoms. The van der Waals surface area contributed by atoms with E-state index in [1.54, 1.807) is 0 Å². The molecule has 1 saturated heterocycles. The van der Waals surface area contributed by atoms with E-state index >= 15 is 0 Å². The van der Waals surface area contributed by atoms with E-state index in [0.29, 0.717) is 11.7 Å². The molecule has 2 fully saturated rings. The van der Waals surface area contributed by atoms with Gasteiger partial charge in [0.15, 0.2) is 5.79 Å². The van der Waals surface area contributed by atoms with Crippen molar-refractivity contribution in [3.8, 4) is 0 Å². The molecule has 4 atom stereocenters. The van der Waals surface area contributed by atoms with E-state index in [9.17, 15) is 0 Å². The highest BCUT2D eigenvalue weighted by Crippen LogP contribution is 2.49. The van der Waals surface area contributed by atoms with Crippen LogP contribution in [0.3, 0.4) is 0 Å². The highest BCUT2D eigenvalue weighted by Gasteiger charge is 2.54. The van der Waals surface area contributed by atoms with Crippen molar-refractivity contribution in [3.05, 3.63) is 54.9 Å². The summed E-state index contributed by atoms with van der Waals surface area (Å²) < 4.78 is 17.1. The number of aromatic nitrogens is 5. The molecule has 1 aliphatic heterocycles. The van der Waals surface area contributed by atoms with Crippen LogP contribution >= 0.6 is 0 Å². The Kier molecular flexibility index (Phi) is 4.88. The van der Waals surface area contributed by atoms with E-state index in [2.05, 4.69) is 44.0 Å². The first-order valence-corrected chi connectivity index (χ1v) is 11.8. The summed E-state index contributed by atoms with van der Waals surface area (Å²) in [6, 6.07) is 6.56. The smallest absolute Gasteiger partial charge is 0.163 e. The zero-order valence-electron chi connectivity index (χ0n) is 19.1. The van der Waals surface area contributed by atoms with Crippen LogP contribution in [0.4, 0.5) is 5.82 Å². The van der Waals surface area contributed by atoms with Crippen molar-refractivity contribution in [2.24, 2.45) is 5.92 Å². The third kappa shape index (κ3) is 3.67. The van der Waals surface area contributed by atoms with Gasteiger partial charge in [0.1, 0.15) is 29.5 Å². The number of aryl methyl sites for hydroxylation is 1. The summed E-state index contributed by atoms with van der Waals surface area (Å²) >= 11 is 0. The number of pyridine rings is 1. The Morgan fingerprint density at radius 3 is 2.85 bits per heavy atom. The molecule has 0 radical (unpaired) electrons. The molecule has 2 aliphatic rings. The molecule has 0 amide bonds. The van der Waals surface area contributed by atoms with Gasteiger partial charge in [-0.05, 0) is 69.2 Å². The second-order valence-electron chi connectivity index (χ2n) is 9.82. The molecule has 8 nitrogen and oxygen atoms in total. The van der Waals surface area contributed by atoms with Gasteiger partial charge in [-0.2, -0.15) is 0 Å². The van der Waals surface area contributed by atoms with Gasteiger partial charge in [-0.25, -0.2) is 15.0 Å². The zero-order valence-corrected chi connectivity index (χ0v) is 19.1. The third-order valence-electron chi connectivity index (χ3n) is 7.20. The minimum Gasteiger partial charge on any atom is -0.383 e. The fraction of sp³-hybridized carbons (Fsp3) is 0.480. The Bertz CT molecular complexity index is 1290. The summed E-state index contributed by atoms with van der Waals surface area (Å²) in [6.45, 7) is 4.03. The Balaban J connectivity index is 1.16. The standard InChI is InChI=1S/C25H30N6O2/c1-25(2)32-21-17(6-4-3-5-16-7-10-30-12-9-27-20(30)13-16)14-19(22(21)33-25)31-11-8-18-23(26)28-15-29-24(18)31/h7-13,15,17,19,21-22H,3-6,14H2,1-2H3,(H2,26,28,29)/t17-,19+,21+,22-/m0/s1. The molecule has 172 valence electrons. The maximum atomic E-state index is 6.40. The average Bonchev–Trinajstić information content (AvgIpc) is 3.54.